The fourth-order valence-electron chi connectivity index (χ4n) is 3.64. The molecule has 0 radical (unpaired) electrons. The van der Waals surface area contributed by atoms with Gasteiger partial charge in [-0.2, -0.15) is 0 Å². The van der Waals surface area contributed by atoms with Crippen LogP contribution in [0.25, 0.3) is 10.9 Å². The van der Waals surface area contributed by atoms with Crippen LogP contribution in [0, 0.1) is 6.92 Å². The van der Waals surface area contributed by atoms with Gasteiger partial charge in [0.25, 0.3) is 5.56 Å². The van der Waals surface area contributed by atoms with Crippen LogP contribution in [0.5, 0.6) is 0 Å². The van der Waals surface area contributed by atoms with Crippen molar-refractivity contribution in [2.24, 2.45) is 0 Å². The third kappa shape index (κ3) is 3.60. The Morgan fingerprint density at radius 2 is 2.00 bits per heavy atom. The number of fused-ring (bicyclic) bond motifs is 1. The average molecular weight is 397 g/mol. The number of carbonyl (C=O) groups is 1. The predicted octanol–water partition coefficient (Wildman–Crippen LogP) is 3.60. The lowest BCUT2D eigenvalue weighted by atomic mass is 10.1. The molecule has 1 saturated heterocycles. The summed E-state index contributed by atoms with van der Waals surface area (Å²) in [6.07, 6.45) is 3.69. The van der Waals surface area contributed by atoms with E-state index in [1.807, 2.05) is 31.2 Å². The highest BCUT2D eigenvalue weighted by atomic mass is 35.5. The number of aryl methyl sites for hydroxylation is 1. The molecular weight excluding hydrogens is 376 g/mol. The number of carbonyl (C=O) groups excluding carboxylic acids is 1. The minimum absolute atomic E-state index is 0.109. The quantitative estimate of drug-likeness (QED) is 0.731. The molecular formula is C21H21ClN4O2. The lowest BCUT2D eigenvalue weighted by Gasteiger charge is -2.22. The van der Waals surface area contributed by atoms with Gasteiger partial charge in [0.15, 0.2) is 0 Å². The molecule has 1 fully saturated rings. The lowest BCUT2D eigenvalue weighted by Crippen LogP contribution is -2.28. The summed E-state index contributed by atoms with van der Waals surface area (Å²) in [7, 11) is 0. The number of rotatable bonds is 4. The minimum Gasteiger partial charge on any atom is -0.370 e. The number of halogens is 1. The summed E-state index contributed by atoms with van der Waals surface area (Å²) in [4.78, 5) is 32.0. The number of hydrogen-bond donors (Lipinski definition) is 1. The average Bonchev–Trinajstić information content (AvgIpc) is 3.19. The summed E-state index contributed by atoms with van der Waals surface area (Å²) in [5.41, 5.74) is 2.98. The molecule has 0 spiro atoms. The fourth-order valence-corrected chi connectivity index (χ4v) is 3.81. The summed E-state index contributed by atoms with van der Waals surface area (Å²) in [6, 6.07) is 11.0. The zero-order valence-corrected chi connectivity index (χ0v) is 16.4. The molecule has 6 nitrogen and oxygen atoms in total. The van der Waals surface area contributed by atoms with Crippen LogP contribution in [0.4, 0.5) is 11.4 Å². The first-order valence-electron chi connectivity index (χ1n) is 9.32. The van der Waals surface area contributed by atoms with E-state index < -0.39 is 0 Å². The molecule has 1 amide bonds. The zero-order valence-electron chi connectivity index (χ0n) is 15.6. The number of para-hydroxylation sites is 1. The van der Waals surface area contributed by atoms with E-state index in [1.165, 1.54) is 10.9 Å². The number of amides is 1. The van der Waals surface area contributed by atoms with Crippen LogP contribution in [-0.4, -0.2) is 28.5 Å². The molecule has 0 bridgehead atoms. The second-order valence-corrected chi connectivity index (χ2v) is 7.49. The lowest BCUT2D eigenvalue weighted by molar-refractivity contribution is -0.116. The second-order valence-electron chi connectivity index (χ2n) is 7.05. The number of nitrogens with zero attached hydrogens (tertiary/aromatic N) is 3. The highest BCUT2D eigenvalue weighted by Gasteiger charge is 2.18. The van der Waals surface area contributed by atoms with E-state index in [1.54, 1.807) is 12.1 Å². The molecule has 1 aliphatic rings. The highest BCUT2D eigenvalue weighted by molar-refractivity contribution is 6.31. The Balaban J connectivity index is 1.59. The number of nitrogens with one attached hydrogen (secondary N) is 1. The maximum atomic E-state index is 12.7. The molecule has 2 aromatic carbocycles. The van der Waals surface area contributed by atoms with E-state index in [0.717, 1.165) is 37.2 Å². The molecule has 7 heteroatoms. The standard InChI is InChI=1S/C21H21ClN4O2/c1-14-5-4-6-16-20(14)23-13-26(21(16)28)12-19(27)24-17-11-15(22)7-8-18(17)25-9-2-3-10-25/h4-8,11,13H,2-3,9-10,12H2,1H3,(H,24,27). The van der Waals surface area contributed by atoms with Gasteiger partial charge in [0, 0.05) is 18.1 Å². The number of benzene rings is 2. The largest absolute Gasteiger partial charge is 0.370 e. The van der Waals surface area contributed by atoms with Crippen molar-refractivity contribution in [3.05, 3.63) is 63.7 Å². The van der Waals surface area contributed by atoms with Gasteiger partial charge in [-0.05, 0) is 49.6 Å². The topological polar surface area (TPSA) is 67.2 Å². The molecule has 1 N–H and O–H groups in total. The molecule has 144 valence electrons. The first-order chi connectivity index (χ1) is 13.5. The Hall–Kier alpha value is -2.86. The smallest absolute Gasteiger partial charge is 0.261 e. The Morgan fingerprint density at radius 1 is 1.21 bits per heavy atom. The molecule has 0 saturated carbocycles. The van der Waals surface area contributed by atoms with Gasteiger partial charge in [-0.3, -0.25) is 14.2 Å². The van der Waals surface area contributed by atoms with E-state index >= 15 is 0 Å². The van der Waals surface area contributed by atoms with Crippen molar-refractivity contribution in [1.82, 2.24) is 9.55 Å². The molecule has 2 heterocycles. The summed E-state index contributed by atoms with van der Waals surface area (Å²) in [5.74, 6) is -0.293. The summed E-state index contributed by atoms with van der Waals surface area (Å²) >= 11 is 6.14. The van der Waals surface area contributed by atoms with Crippen LogP contribution in [0.2, 0.25) is 5.02 Å². The number of anilines is 2. The van der Waals surface area contributed by atoms with Gasteiger partial charge in [0.2, 0.25) is 5.91 Å². The minimum atomic E-state index is -0.293. The van der Waals surface area contributed by atoms with Crippen molar-refractivity contribution < 1.29 is 4.79 Å². The second kappa shape index (κ2) is 7.64. The number of hydrogen-bond acceptors (Lipinski definition) is 4. The van der Waals surface area contributed by atoms with Gasteiger partial charge in [-0.25, -0.2) is 4.98 Å². The number of aromatic nitrogens is 2. The highest BCUT2D eigenvalue weighted by Crippen LogP contribution is 2.31. The van der Waals surface area contributed by atoms with Crippen molar-refractivity contribution in [2.45, 2.75) is 26.3 Å². The molecule has 0 unspecified atom stereocenters. The Kier molecular flexibility index (Phi) is 5.05. The zero-order chi connectivity index (χ0) is 19.7. The van der Waals surface area contributed by atoms with Crippen molar-refractivity contribution in [1.29, 1.82) is 0 Å². The van der Waals surface area contributed by atoms with Gasteiger partial charge in [-0.1, -0.05) is 23.7 Å². The van der Waals surface area contributed by atoms with Crippen LogP contribution in [0.3, 0.4) is 0 Å². The molecule has 0 aliphatic carbocycles. The van der Waals surface area contributed by atoms with Crippen molar-refractivity contribution in [3.8, 4) is 0 Å². The summed E-state index contributed by atoms with van der Waals surface area (Å²) < 4.78 is 1.33. The van der Waals surface area contributed by atoms with Gasteiger partial charge < -0.3 is 10.2 Å². The molecule has 28 heavy (non-hydrogen) atoms. The first-order valence-corrected chi connectivity index (χ1v) is 9.70. The molecule has 0 atom stereocenters. The van der Waals surface area contributed by atoms with Gasteiger partial charge in [0.05, 0.1) is 28.6 Å². The van der Waals surface area contributed by atoms with Crippen LogP contribution < -0.4 is 15.8 Å². The van der Waals surface area contributed by atoms with E-state index in [0.29, 0.717) is 21.6 Å². The maximum Gasteiger partial charge on any atom is 0.261 e. The van der Waals surface area contributed by atoms with Crippen LogP contribution in [0.15, 0.2) is 47.5 Å². The third-order valence-corrected chi connectivity index (χ3v) is 5.28. The third-order valence-electron chi connectivity index (χ3n) is 5.05. The maximum absolute atomic E-state index is 12.7. The van der Waals surface area contributed by atoms with Crippen molar-refractivity contribution in [3.63, 3.8) is 0 Å². The SMILES string of the molecule is Cc1cccc2c(=O)n(CC(=O)Nc3cc(Cl)ccc3N3CCCC3)cnc12. The summed E-state index contributed by atoms with van der Waals surface area (Å²) in [6.45, 7) is 3.71. The molecule has 1 aromatic heterocycles. The van der Waals surface area contributed by atoms with E-state index in [-0.39, 0.29) is 18.0 Å². The normalized spacial score (nSPS) is 13.9. The van der Waals surface area contributed by atoms with E-state index in [9.17, 15) is 9.59 Å². The molecule has 1 aliphatic heterocycles. The predicted molar refractivity (Wildman–Crippen MR) is 112 cm³/mol. The Bertz CT molecular complexity index is 1100. The monoisotopic (exact) mass is 396 g/mol. The van der Waals surface area contributed by atoms with Crippen LogP contribution >= 0.6 is 11.6 Å². The van der Waals surface area contributed by atoms with Crippen LogP contribution in [0.1, 0.15) is 18.4 Å². The van der Waals surface area contributed by atoms with Gasteiger partial charge >= 0.3 is 0 Å². The van der Waals surface area contributed by atoms with Gasteiger partial charge in [-0.15, -0.1) is 0 Å². The fraction of sp³-hybridized carbons (Fsp3) is 0.286. The first kappa shape index (κ1) is 18.5. The van der Waals surface area contributed by atoms with E-state index in [4.69, 9.17) is 11.6 Å². The Morgan fingerprint density at radius 3 is 2.79 bits per heavy atom. The van der Waals surface area contributed by atoms with Crippen molar-refractivity contribution >= 4 is 39.8 Å². The Labute approximate surface area is 167 Å². The van der Waals surface area contributed by atoms with E-state index in [2.05, 4.69) is 15.2 Å². The molecule has 3 aromatic rings. The van der Waals surface area contributed by atoms with Crippen molar-refractivity contribution in [2.75, 3.05) is 23.3 Å². The summed E-state index contributed by atoms with van der Waals surface area (Å²) in [5, 5.41) is 3.97. The van der Waals surface area contributed by atoms with Crippen LogP contribution in [-0.2, 0) is 11.3 Å². The van der Waals surface area contributed by atoms with Gasteiger partial charge in [0.1, 0.15) is 6.54 Å². The molecule has 4 rings (SSSR count).